The van der Waals surface area contributed by atoms with Gasteiger partial charge in [0.2, 0.25) is 11.8 Å². The van der Waals surface area contributed by atoms with Crippen LogP contribution in [0.3, 0.4) is 0 Å². The van der Waals surface area contributed by atoms with Gasteiger partial charge in [-0.1, -0.05) is 13.8 Å². The van der Waals surface area contributed by atoms with Crippen LogP contribution in [0.15, 0.2) is 0 Å². The fourth-order valence-corrected chi connectivity index (χ4v) is 1.10. The van der Waals surface area contributed by atoms with Crippen molar-refractivity contribution in [3.8, 4) is 0 Å². The normalized spacial score (nSPS) is 12.3. The van der Waals surface area contributed by atoms with E-state index in [1.807, 2.05) is 13.8 Å². The monoisotopic (exact) mass is 216 g/mol. The van der Waals surface area contributed by atoms with Crippen LogP contribution < -0.4 is 21.9 Å². The standard InChI is InChI=1S/C9H20N4O2/c1-6(2)4-7(13-10)9(15)12-5-8(14)11-3/h6-7,13H,4-5,10H2,1-3H3,(H,11,14)(H,12,15)/t7-/m0/s1. The van der Waals surface area contributed by atoms with Crippen molar-refractivity contribution in [1.29, 1.82) is 0 Å². The summed E-state index contributed by atoms with van der Waals surface area (Å²) in [7, 11) is 1.52. The lowest BCUT2D eigenvalue weighted by molar-refractivity contribution is -0.127. The Bertz CT molecular complexity index is 218. The largest absolute Gasteiger partial charge is 0.358 e. The third kappa shape index (κ3) is 6.03. The minimum atomic E-state index is -0.449. The van der Waals surface area contributed by atoms with Gasteiger partial charge < -0.3 is 10.6 Å². The number of likely N-dealkylation sites (N-methyl/N-ethyl adjacent to an activating group) is 1. The zero-order valence-electron chi connectivity index (χ0n) is 9.46. The first-order valence-corrected chi connectivity index (χ1v) is 4.95. The maximum atomic E-state index is 11.5. The van der Waals surface area contributed by atoms with Gasteiger partial charge in [-0.15, -0.1) is 0 Å². The fraction of sp³-hybridized carbons (Fsp3) is 0.778. The molecule has 0 saturated heterocycles. The molecule has 0 rings (SSSR count). The Hall–Kier alpha value is -1.14. The lowest BCUT2D eigenvalue weighted by atomic mass is 10.0. The number of rotatable bonds is 6. The molecule has 0 aliphatic rings. The molecule has 5 N–H and O–H groups in total. The Balaban J connectivity index is 3.99. The fourth-order valence-electron chi connectivity index (χ4n) is 1.10. The smallest absolute Gasteiger partial charge is 0.239 e. The molecular weight excluding hydrogens is 196 g/mol. The average Bonchev–Trinajstić information content (AvgIpc) is 2.21. The molecule has 6 heteroatoms. The lowest BCUT2D eigenvalue weighted by Gasteiger charge is -2.17. The maximum Gasteiger partial charge on any atom is 0.239 e. The van der Waals surface area contributed by atoms with Crippen LogP contribution in [0, 0.1) is 5.92 Å². The van der Waals surface area contributed by atoms with E-state index in [1.54, 1.807) is 0 Å². The Morgan fingerprint density at radius 3 is 2.33 bits per heavy atom. The van der Waals surface area contributed by atoms with E-state index >= 15 is 0 Å². The highest BCUT2D eigenvalue weighted by Gasteiger charge is 2.18. The van der Waals surface area contributed by atoms with E-state index in [0.717, 1.165) is 0 Å². The number of hydrazine groups is 1. The number of hydrogen-bond acceptors (Lipinski definition) is 4. The van der Waals surface area contributed by atoms with E-state index in [4.69, 9.17) is 5.84 Å². The van der Waals surface area contributed by atoms with Gasteiger partial charge in [0.05, 0.1) is 12.6 Å². The van der Waals surface area contributed by atoms with Crippen LogP contribution in [0.2, 0.25) is 0 Å². The molecule has 0 aromatic heterocycles. The van der Waals surface area contributed by atoms with E-state index in [0.29, 0.717) is 12.3 Å². The van der Waals surface area contributed by atoms with Crippen molar-refractivity contribution in [3.05, 3.63) is 0 Å². The number of nitrogens with one attached hydrogen (secondary N) is 3. The van der Waals surface area contributed by atoms with Crippen LogP contribution in [-0.4, -0.2) is 31.4 Å². The van der Waals surface area contributed by atoms with Crippen molar-refractivity contribution in [2.24, 2.45) is 11.8 Å². The molecule has 88 valence electrons. The van der Waals surface area contributed by atoms with Crippen molar-refractivity contribution in [1.82, 2.24) is 16.1 Å². The summed E-state index contributed by atoms with van der Waals surface area (Å²) in [5, 5.41) is 4.91. The van der Waals surface area contributed by atoms with Gasteiger partial charge in [-0.3, -0.25) is 15.4 Å². The maximum absolute atomic E-state index is 11.5. The number of nitrogens with two attached hydrogens (primary N) is 1. The van der Waals surface area contributed by atoms with Gasteiger partial charge in [0.25, 0.3) is 0 Å². The Morgan fingerprint density at radius 1 is 1.33 bits per heavy atom. The molecule has 0 aliphatic heterocycles. The first-order valence-electron chi connectivity index (χ1n) is 4.95. The van der Waals surface area contributed by atoms with Gasteiger partial charge in [0.1, 0.15) is 0 Å². The summed E-state index contributed by atoms with van der Waals surface area (Å²) in [5.74, 6) is 5.12. The van der Waals surface area contributed by atoms with Crippen LogP contribution >= 0.6 is 0 Å². The molecule has 0 fully saturated rings. The molecule has 0 aliphatic carbocycles. The van der Waals surface area contributed by atoms with Crippen LogP contribution in [-0.2, 0) is 9.59 Å². The summed E-state index contributed by atoms with van der Waals surface area (Å²) in [6.07, 6.45) is 0.635. The van der Waals surface area contributed by atoms with Crippen molar-refractivity contribution >= 4 is 11.8 Å². The molecule has 0 aromatic carbocycles. The summed E-state index contributed by atoms with van der Waals surface area (Å²) in [6.45, 7) is 3.97. The van der Waals surface area contributed by atoms with E-state index in [2.05, 4.69) is 16.1 Å². The summed E-state index contributed by atoms with van der Waals surface area (Å²) in [6, 6.07) is -0.449. The molecule has 0 unspecified atom stereocenters. The van der Waals surface area contributed by atoms with E-state index in [-0.39, 0.29) is 18.4 Å². The molecule has 0 heterocycles. The van der Waals surface area contributed by atoms with Gasteiger partial charge in [-0.2, -0.15) is 0 Å². The molecule has 1 atom stereocenters. The first-order chi connectivity index (χ1) is 7.01. The second-order valence-corrected chi connectivity index (χ2v) is 3.74. The van der Waals surface area contributed by atoms with Crippen molar-refractivity contribution in [2.75, 3.05) is 13.6 Å². The second kappa shape index (κ2) is 7.19. The highest BCUT2D eigenvalue weighted by molar-refractivity contribution is 5.87. The Kier molecular flexibility index (Phi) is 6.64. The minimum Gasteiger partial charge on any atom is -0.358 e. The molecule has 2 amide bonds. The average molecular weight is 216 g/mol. The van der Waals surface area contributed by atoms with Crippen LogP contribution in [0.5, 0.6) is 0 Å². The van der Waals surface area contributed by atoms with Crippen LogP contribution in [0.25, 0.3) is 0 Å². The molecule has 0 bridgehead atoms. The van der Waals surface area contributed by atoms with Gasteiger partial charge in [-0.05, 0) is 12.3 Å². The zero-order valence-corrected chi connectivity index (χ0v) is 9.46. The molecular formula is C9H20N4O2. The summed E-state index contributed by atoms with van der Waals surface area (Å²) in [5.41, 5.74) is 2.43. The predicted molar refractivity (Wildman–Crippen MR) is 57.6 cm³/mol. The highest BCUT2D eigenvalue weighted by atomic mass is 16.2. The van der Waals surface area contributed by atoms with Gasteiger partial charge >= 0.3 is 0 Å². The Labute approximate surface area is 89.9 Å². The van der Waals surface area contributed by atoms with E-state index in [9.17, 15) is 9.59 Å². The van der Waals surface area contributed by atoms with Crippen molar-refractivity contribution < 1.29 is 9.59 Å². The SMILES string of the molecule is CNC(=O)CNC(=O)[C@H](CC(C)C)NN. The summed E-state index contributed by atoms with van der Waals surface area (Å²) < 4.78 is 0. The molecule has 0 aromatic rings. The molecule has 0 saturated carbocycles. The van der Waals surface area contributed by atoms with Crippen LogP contribution in [0.4, 0.5) is 0 Å². The molecule has 0 spiro atoms. The highest BCUT2D eigenvalue weighted by Crippen LogP contribution is 2.03. The zero-order chi connectivity index (χ0) is 11.8. The molecule has 6 nitrogen and oxygen atoms in total. The lowest BCUT2D eigenvalue weighted by Crippen LogP contribution is -2.49. The van der Waals surface area contributed by atoms with Crippen LogP contribution in [0.1, 0.15) is 20.3 Å². The topological polar surface area (TPSA) is 96.2 Å². The molecule has 0 radical (unpaired) electrons. The van der Waals surface area contributed by atoms with Gasteiger partial charge in [0, 0.05) is 7.05 Å². The second-order valence-electron chi connectivity index (χ2n) is 3.74. The number of amides is 2. The minimum absolute atomic E-state index is 0.0222. The third-order valence-corrected chi connectivity index (χ3v) is 1.93. The number of hydrogen-bond donors (Lipinski definition) is 4. The van der Waals surface area contributed by atoms with Crippen molar-refractivity contribution in [3.63, 3.8) is 0 Å². The van der Waals surface area contributed by atoms with Crippen molar-refractivity contribution in [2.45, 2.75) is 26.3 Å². The predicted octanol–water partition coefficient (Wildman–Crippen LogP) is -1.27. The number of carbonyl (C=O) groups is 2. The summed E-state index contributed by atoms with van der Waals surface area (Å²) >= 11 is 0. The molecule has 15 heavy (non-hydrogen) atoms. The summed E-state index contributed by atoms with van der Waals surface area (Å²) in [4.78, 5) is 22.4. The Morgan fingerprint density at radius 2 is 1.93 bits per heavy atom. The third-order valence-electron chi connectivity index (χ3n) is 1.93. The van der Waals surface area contributed by atoms with E-state index < -0.39 is 6.04 Å². The van der Waals surface area contributed by atoms with Gasteiger partial charge in [-0.25, -0.2) is 5.43 Å². The first kappa shape index (κ1) is 13.9. The van der Waals surface area contributed by atoms with Gasteiger partial charge in [0.15, 0.2) is 0 Å². The number of carbonyl (C=O) groups excluding carboxylic acids is 2. The quantitative estimate of drug-likeness (QED) is 0.329. The van der Waals surface area contributed by atoms with E-state index in [1.165, 1.54) is 7.05 Å².